The zero-order valence-electron chi connectivity index (χ0n) is 7.40. The number of hydrogen-bond acceptors (Lipinski definition) is 4. The summed E-state index contributed by atoms with van der Waals surface area (Å²) in [7, 11) is 4.12. The largest absolute Gasteiger partial charge is 0.309 e. The molecular weight excluding hydrogens is 170 g/mol. The Labute approximate surface area is 77.2 Å². The summed E-state index contributed by atoms with van der Waals surface area (Å²) in [6.07, 6.45) is 3.54. The molecule has 0 saturated heterocycles. The standard InChI is InChI=1S/C8H13N3S/c1-11(2)6-7-12-8-9-4-3-5-10-8/h3-5H,6-7H2,1-2H3. The predicted octanol–water partition coefficient (Wildman–Crippen LogP) is 1.13. The minimum absolute atomic E-state index is 0.861. The highest BCUT2D eigenvalue weighted by molar-refractivity contribution is 7.99. The van der Waals surface area contributed by atoms with Gasteiger partial charge in [-0.15, -0.1) is 0 Å². The molecule has 0 saturated carbocycles. The molecule has 0 atom stereocenters. The van der Waals surface area contributed by atoms with Gasteiger partial charge >= 0.3 is 0 Å². The zero-order valence-corrected chi connectivity index (χ0v) is 8.21. The summed E-state index contributed by atoms with van der Waals surface area (Å²) in [5, 5.41) is 0.861. The molecule has 0 radical (unpaired) electrons. The molecule has 0 amide bonds. The minimum atomic E-state index is 0.861. The van der Waals surface area contributed by atoms with E-state index in [4.69, 9.17) is 0 Å². The van der Waals surface area contributed by atoms with Crippen LogP contribution in [0.15, 0.2) is 23.6 Å². The van der Waals surface area contributed by atoms with E-state index in [0.29, 0.717) is 0 Å². The van der Waals surface area contributed by atoms with Crippen LogP contribution in [0.2, 0.25) is 0 Å². The Kier molecular flexibility index (Phi) is 4.04. The van der Waals surface area contributed by atoms with Crippen molar-refractivity contribution < 1.29 is 0 Å². The second-order valence-corrected chi connectivity index (χ2v) is 3.75. The summed E-state index contributed by atoms with van der Waals surface area (Å²) in [5.41, 5.74) is 0. The first-order chi connectivity index (χ1) is 5.79. The second kappa shape index (κ2) is 5.11. The van der Waals surface area contributed by atoms with Crippen LogP contribution in [0.3, 0.4) is 0 Å². The van der Waals surface area contributed by atoms with Crippen molar-refractivity contribution in [3.05, 3.63) is 18.5 Å². The Bertz CT molecular complexity index is 213. The third-order valence-electron chi connectivity index (χ3n) is 1.31. The van der Waals surface area contributed by atoms with E-state index in [-0.39, 0.29) is 0 Å². The van der Waals surface area contributed by atoms with Gasteiger partial charge in [0.25, 0.3) is 0 Å². The quantitative estimate of drug-likeness (QED) is 0.517. The molecule has 0 N–H and O–H groups in total. The summed E-state index contributed by atoms with van der Waals surface area (Å²) in [6, 6.07) is 1.83. The molecule has 4 heteroatoms. The molecule has 1 aromatic rings. The predicted molar refractivity (Wildman–Crippen MR) is 51.3 cm³/mol. The fourth-order valence-electron chi connectivity index (χ4n) is 0.679. The van der Waals surface area contributed by atoms with Crippen LogP contribution >= 0.6 is 11.8 Å². The maximum absolute atomic E-state index is 4.11. The van der Waals surface area contributed by atoms with Crippen molar-refractivity contribution in [1.29, 1.82) is 0 Å². The van der Waals surface area contributed by atoms with Crippen molar-refractivity contribution in [3.8, 4) is 0 Å². The fourth-order valence-corrected chi connectivity index (χ4v) is 1.59. The molecule has 1 heterocycles. The van der Waals surface area contributed by atoms with Crippen LogP contribution < -0.4 is 0 Å². The molecule has 0 unspecified atom stereocenters. The first-order valence-corrected chi connectivity index (χ1v) is 4.82. The highest BCUT2D eigenvalue weighted by Gasteiger charge is 1.95. The maximum atomic E-state index is 4.11. The fraction of sp³-hybridized carbons (Fsp3) is 0.500. The highest BCUT2D eigenvalue weighted by Crippen LogP contribution is 2.09. The third-order valence-corrected chi connectivity index (χ3v) is 2.17. The lowest BCUT2D eigenvalue weighted by Gasteiger charge is -2.07. The van der Waals surface area contributed by atoms with E-state index in [0.717, 1.165) is 17.5 Å². The summed E-state index contributed by atoms with van der Waals surface area (Å²) >= 11 is 1.68. The average molecular weight is 183 g/mol. The second-order valence-electron chi connectivity index (χ2n) is 2.68. The Morgan fingerprint density at radius 3 is 2.58 bits per heavy atom. The van der Waals surface area contributed by atoms with Gasteiger partial charge < -0.3 is 4.90 Å². The number of thioether (sulfide) groups is 1. The maximum Gasteiger partial charge on any atom is 0.187 e. The smallest absolute Gasteiger partial charge is 0.187 e. The lowest BCUT2D eigenvalue weighted by molar-refractivity contribution is 0.437. The van der Waals surface area contributed by atoms with Crippen molar-refractivity contribution in [2.75, 3.05) is 26.4 Å². The van der Waals surface area contributed by atoms with Crippen molar-refractivity contribution in [2.45, 2.75) is 5.16 Å². The van der Waals surface area contributed by atoms with Crippen LogP contribution in [-0.2, 0) is 0 Å². The first kappa shape index (κ1) is 9.48. The molecule has 12 heavy (non-hydrogen) atoms. The van der Waals surface area contributed by atoms with E-state index in [1.54, 1.807) is 24.2 Å². The lowest BCUT2D eigenvalue weighted by atomic mass is 10.7. The van der Waals surface area contributed by atoms with Gasteiger partial charge in [-0.2, -0.15) is 0 Å². The molecule has 1 rings (SSSR count). The van der Waals surface area contributed by atoms with Crippen LogP contribution in [0.5, 0.6) is 0 Å². The molecule has 0 bridgehead atoms. The molecule has 1 aromatic heterocycles. The zero-order chi connectivity index (χ0) is 8.81. The van der Waals surface area contributed by atoms with E-state index in [2.05, 4.69) is 29.0 Å². The Hall–Kier alpha value is -0.610. The number of hydrogen-bond donors (Lipinski definition) is 0. The van der Waals surface area contributed by atoms with Gasteiger partial charge in [0.15, 0.2) is 5.16 Å². The van der Waals surface area contributed by atoms with Crippen LogP contribution in [0.4, 0.5) is 0 Å². The number of rotatable bonds is 4. The molecular formula is C8H13N3S. The lowest BCUT2D eigenvalue weighted by Crippen LogP contribution is -2.14. The van der Waals surface area contributed by atoms with E-state index in [1.165, 1.54) is 0 Å². The average Bonchev–Trinajstić information content (AvgIpc) is 2.05. The third kappa shape index (κ3) is 3.69. The highest BCUT2D eigenvalue weighted by atomic mass is 32.2. The molecule has 3 nitrogen and oxygen atoms in total. The van der Waals surface area contributed by atoms with Crippen LogP contribution in [0.25, 0.3) is 0 Å². The van der Waals surface area contributed by atoms with E-state index in [1.807, 2.05) is 6.07 Å². The molecule has 0 aliphatic carbocycles. The van der Waals surface area contributed by atoms with Crippen molar-refractivity contribution in [2.24, 2.45) is 0 Å². The summed E-state index contributed by atoms with van der Waals surface area (Å²) in [4.78, 5) is 10.4. The topological polar surface area (TPSA) is 29.0 Å². The van der Waals surface area contributed by atoms with Crippen molar-refractivity contribution in [3.63, 3.8) is 0 Å². The Balaban J connectivity index is 2.25. The Morgan fingerprint density at radius 1 is 1.33 bits per heavy atom. The summed E-state index contributed by atoms with van der Waals surface area (Å²) in [5.74, 6) is 1.04. The molecule has 0 aromatic carbocycles. The van der Waals surface area contributed by atoms with Gasteiger partial charge in [-0.05, 0) is 20.2 Å². The van der Waals surface area contributed by atoms with Gasteiger partial charge in [0.05, 0.1) is 0 Å². The van der Waals surface area contributed by atoms with E-state index >= 15 is 0 Å². The van der Waals surface area contributed by atoms with Gasteiger partial charge in [-0.3, -0.25) is 0 Å². The number of nitrogens with zero attached hydrogens (tertiary/aromatic N) is 3. The van der Waals surface area contributed by atoms with E-state index in [9.17, 15) is 0 Å². The first-order valence-electron chi connectivity index (χ1n) is 3.83. The van der Waals surface area contributed by atoms with Crippen LogP contribution in [-0.4, -0.2) is 41.3 Å². The van der Waals surface area contributed by atoms with Gasteiger partial charge in [0, 0.05) is 24.7 Å². The summed E-state index contributed by atoms with van der Waals surface area (Å²) < 4.78 is 0. The normalized spacial score (nSPS) is 10.6. The van der Waals surface area contributed by atoms with Gasteiger partial charge in [0.1, 0.15) is 0 Å². The van der Waals surface area contributed by atoms with Gasteiger partial charge in [0.2, 0.25) is 0 Å². The van der Waals surface area contributed by atoms with Gasteiger partial charge in [-0.25, -0.2) is 9.97 Å². The van der Waals surface area contributed by atoms with Crippen molar-refractivity contribution in [1.82, 2.24) is 14.9 Å². The van der Waals surface area contributed by atoms with Crippen molar-refractivity contribution >= 4 is 11.8 Å². The SMILES string of the molecule is CN(C)CCSc1ncccn1. The number of aromatic nitrogens is 2. The Morgan fingerprint density at radius 2 is 2.00 bits per heavy atom. The minimum Gasteiger partial charge on any atom is -0.309 e. The molecule has 66 valence electrons. The molecule has 0 fully saturated rings. The van der Waals surface area contributed by atoms with Gasteiger partial charge in [-0.1, -0.05) is 11.8 Å². The molecule has 0 aliphatic heterocycles. The van der Waals surface area contributed by atoms with E-state index < -0.39 is 0 Å². The van der Waals surface area contributed by atoms with Crippen LogP contribution in [0.1, 0.15) is 0 Å². The van der Waals surface area contributed by atoms with Crippen LogP contribution in [0, 0.1) is 0 Å². The monoisotopic (exact) mass is 183 g/mol. The molecule has 0 aliphatic rings. The molecule has 0 spiro atoms. The summed E-state index contributed by atoms with van der Waals surface area (Å²) in [6.45, 7) is 1.06.